The molecule has 0 fully saturated rings. The SMILES string of the molecule is CCOC(=O)c1c(NC(=O)[C@H](C)OC(=O)/C=C/c2ccc(OC(F)F)cc2)sc2c1CCCC2. The molecule has 7 nitrogen and oxygen atoms in total. The molecule has 1 aromatic carbocycles. The average Bonchev–Trinajstić information content (AvgIpc) is 3.16. The number of benzene rings is 1. The Hall–Kier alpha value is -3.27. The van der Waals surface area contributed by atoms with Gasteiger partial charge in [-0.25, -0.2) is 9.59 Å². The second kappa shape index (κ2) is 11.7. The van der Waals surface area contributed by atoms with Gasteiger partial charge in [0.1, 0.15) is 10.8 Å². The Morgan fingerprint density at radius 1 is 1.15 bits per heavy atom. The van der Waals surface area contributed by atoms with E-state index in [1.807, 2.05) is 0 Å². The summed E-state index contributed by atoms with van der Waals surface area (Å²) in [5.41, 5.74) is 1.86. The molecule has 0 aliphatic heterocycles. The molecule has 0 unspecified atom stereocenters. The van der Waals surface area contributed by atoms with Crippen LogP contribution in [0.4, 0.5) is 13.8 Å². The molecule has 0 bridgehead atoms. The minimum atomic E-state index is -2.92. The summed E-state index contributed by atoms with van der Waals surface area (Å²) in [5.74, 6) is -1.81. The third-order valence-corrected chi connectivity index (χ3v) is 6.27. The van der Waals surface area contributed by atoms with E-state index in [0.29, 0.717) is 16.1 Å². The average molecular weight is 494 g/mol. The van der Waals surface area contributed by atoms with Crippen molar-refractivity contribution in [2.75, 3.05) is 11.9 Å². The normalized spacial score (nSPS) is 13.9. The molecule has 0 saturated carbocycles. The van der Waals surface area contributed by atoms with Gasteiger partial charge in [-0.3, -0.25) is 4.79 Å². The van der Waals surface area contributed by atoms with Crippen molar-refractivity contribution in [3.8, 4) is 5.75 Å². The number of alkyl halides is 2. The first-order valence-corrected chi connectivity index (χ1v) is 11.7. The number of anilines is 1. The molecular formula is C24H25F2NO6S. The zero-order valence-corrected chi connectivity index (χ0v) is 19.6. The van der Waals surface area contributed by atoms with Gasteiger partial charge in [0.15, 0.2) is 6.10 Å². The van der Waals surface area contributed by atoms with E-state index >= 15 is 0 Å². The number of esters is 2. The Morgan fingerprint density at radius 3 is 2.53 bits per heavy atom. The number of carbonyl (C=O) groups is 3. The second-order valence-corrected chi connectivity index (χ2v) is 8.59. The quantitative estimate of drug-likeness (QED) is 0.391. The van der Waals surface area contributed by atoms with Crippen molar-refractivity contribution >= 4 is 40.3 Å². The van der Waals surface area contributed by atoms with Crippen molar-refractivity contribution in [2.45, 2.75) is 52.2 Å². The van der Waals surface area contributed by atoms with Crippen LogP contribution in [0.5, 0.6) is 5.75 Å². The lowest BCUT2D eigenvalue weighted by Gasteiger charge is -2.13. The third kappa shape index (κ3) is 6.63. The molecule has 1 N–H and O–H groups in total. The maximum absolute atomic E-state index is 12.7. The van der Waals surface area contributed by atoms with Crippen molar-refractivity contribution in [3.05, 3.63) is 51.9 Å². The fourth-order valence-electron chi connectivity index (χ4n) is 3.48. The van der Waals surface area contributed by atoms with Crippen LogP contribution in [0.2, 0.25) is 0 Å². The number of nitrogens with one attached hydrogen (secondary N) is 1. The van der Waals surface area contributed by atoms with Crippen molar-refractivity contribution in [1.82, 2.24) is 0 Å². The van der Waals surface area contributed by atoms with Crippen LogP contribution >= 0.6 is 11.3 Å². The molecule has 1 aliphatic carbocycles. The van der Waals surface area contributed by atoms with Crippen LogP contribution in [0, 0.1) is 0 Å². The van der Waals surface area contributed by atoms with Crippen LogP contribution in [0.15, 0.2) is 30.3 Å². The molecule has 0 radical (unpaired) electrons. The predicted molar refractivity (Wildman–Crippen MR) is 123 cm³/mol. The Bertz CT molecular complexity index is 1060. The van der Waals surface area contributed by atoms with E-state index in [0.717, 1.165) is 42.2 Å². The molecule has 182 valence electrons. The summed E-state index contributed by atoms with van der Waals surface area (Å²) < 4.78 is 39.0. The van der Waals surface area contributed by atoms with Gasteiger partial charge < -0.3 is 19.5 Å². The highest BCUT2D eigenvalue weighted by Gasteiger charge is 2.28. The van der Waals surface area contributed by atoms with Crippen LogP contribution in [-0.2, 0) is 31.9 Å². The molecule has 1 atom stereocenters. The number of thiophene rings is 1. The Balaban J connectivity index is 1.61. The zero-order chi connectivity index (χ0) is 24.7. The summed E-state index contributed by atoms with van der Waals surface area (Å²) >= 11 is 1.35. The zero-order valence-electron chi connectivity index (χ0n) is 18.8. The molecule has 2 aromatic rings. The highest BCUT2D eigenvalue weighted by atomic mass is 32.1. The molecule has 1 aromatic heterocycles. The van der Waals surface area contributed by atoms with Gasteiger partial charge >= 0.3 is 18.6 Å². The maximum Gasteiger partial charge on any atom is 0.387 e. The lowest BCUT2D eigenvalue weighted by atomic mass is 9.95. The van der Waals surface area contributed by atoms with Gasteiger partial charge in [0.2, 0.25) is 0 Å². The lowest BCUT2D eigenvalue weighted by molar-refractivity contribution is -0.148. The summed E-state index contributed by atoms with van der Waals surface area (Å²) in [5, 5.41) is 3.11. The monoisotopic (exact) mass is 493 g/mol. The molecule has 1 heterocycles. The summed E-state index contributed by atoms with van der Waals surface area (Å²) in [4.78, 5) is 38.4. The fraction of sp³-hybridized carbons (Fsp3) is 0.375. The minimum Gasteiger partial charge on any atom is -0.462 e. The number of rotatable bonds is 9. The van der Waals surface area contributed by atoms with Crippen LogP contribution < -0.4 is 10.1 Å². The number of aryl methyl sites for hydroxylation is 1. The molecule has 10 heteroatoms. The molecule has 0 spiro atoms. The Morgan fingerprint density at radius 2 is 1.85 bits per heavy atom. The van der Waals surface area contributed by atoms with Gasteiger partial charge in [0.25, 0.3) is 5.91 Å². The summed E-state index contributed by atoms with van der Waals surface area (Å²) in [7, 11) is 0. The molecule has 1 amide bonds. The number of fused-ring (bicyclic) bond motifs is 1. The summed E-state index contributed by atoms with van der Waals surface area (Å²) in [6.45, 7) is 0.445. The number of ether oxygens (including phenoxy) is 3. The van der Waals surface area contributed by atoms with Gasteiger partial charge in [0, 0.05) is 11.0 Å². The van der Waals surface area contributed by atoms with E-state index in [9.17, 15) is 23.2 Å². The number of carbonyl (C=O) groups excluding carboxylic acids is 3. The molecule has 1 aliphatic rings. The first-order chi connectivity index (χ1) is 16.3. The van der Waals surface area contributed by atoms with E-state index in [1.165, 1.54) is 48.6 Å². The van der Waals surface area contributed by atoms with Gasteiger partial charge in [-0.15, -0.1) is 11.3 Å². The maximum atomic E-state index is 12.7. The molecule has 3 rings (SSSR count). The van der Waals surface area contributed by atoms with Crippen molar-refractivity contribution in [3.63, 3.8) is 0 Å². The minimum absolute atomic E-state index is 0.00235. The van der Waals surface area contributed by atoms with Gasteiger partial charge in [0.05, 0.1) is 12.2 Å². The predicted octanol–water partition coefficient (Wildman–Crippen LogP) is 4.99. The van der Waals surface area contributed by atoms with Crippen LogP contribution in [-0.4, -0.2) is 37.2 Å². The van der Waals surface area contributed by atoms with Crippen molar-refractivity contribution < 1.29 is 37.4 Å². The van der Waals surface area contributed by atoms with E-state index < -0.39 is 30.6 Å². The Labute approximate surface area is 199 Å². The largest absolute Gasteiger partial charge is 0.462 e. The van der Waals surface area contributed by atoms with Gasteiger partial charge in [-0.2, -0.15) is 8.78 Å². The summed E-state index contributed by atoms with van der Waals surface area (Å²) in [6.07, 6.45) is 5.00. The first-order valence-electron chi connectivity index (χ1n) is 10.8. The van der Waals surface area contributed by atoms with Crippen LogP contribution in [0.1, 0.15) is 53.1 Å². The Kier molecular flexibility index (Phi) is 8.75. The highest BCUT2D eigenvalue weighted by Crippen LogP contribution is 2.38. The lowest BCUT2D eigenvalue weighted by Crippen LogP contribution is -2.29. The number of hydrogen-bond acceptors (Lipinski definition) is 7. The van der Waals surface area contributed by atoms with Crippen molar-refractivity contribution in [1.29, 1.82) is 0 Å². The first kappa shape index (κ1) is 25.4. The van der Waals surface area contributed by atoms with E-state index in [4.69, 9.17) is 9.47 Å². The van der Waals surface area contributed by atoms with E-state index in [1.54, 1.807) is 6.92 Å². The fourth-order valence-corrected chi connectivity index (χ4v) is 4.76. The standard InChI is InChI=1S/C24H25F2NO6S/c1-3-31-23(30)20-17-6-4-5-7-18(17)34-22(20)27-21(29)14(2)32-19(28)13-10-15-8-11-16(12-9-15)33-24(25)26/h8-14,24H,3-7H2,1-2H3,(H,27,29)/b13-10+/t14-/m0/s1. The molecule has 34 heavy (non-hydrogen) atoms. The molecular weight excluding hydrogens is 468 g/mol. The number of halogens is 2. The van der Waals surface area contributed by atoms with E-state index in [2.05, 4.69) is 10.1 Å². The molecule has 0 saturated heterocycles. The van der Waals surface area contributed by atoms with E-state index in [-0.39, 0.29) is 12.4 Å². The van der Waals surface area contributed by atoms with Crippen molar-refractivity contribution in [2.24, 2.45) is 0 Å². The summed E-state index contributed by atoms with van der Waals surface area (Å²) in [6, 6.07) is 5.67. The van der Waals surface area contributed by atoms with Crippen LogP contribution in [0.3, 0.4) is 0 Å². The van der Waals surface area contributed by atoms with Gasteiger partial charge in [-0.1, -0.05) is 12.1 Å². The topological polar surface area (TPSA) is 90.9 Å². The third-order valence-electron chi connectivity index (χ3n) is 5.07. The number of hydrogen-bond donors (Lipinski definition) is 1. The second-order valence-electron chi connectivity index (χ2n) is 7.48. The smallest absolute Gasteiger partial charge is 0.387 e. The van der Waals surface area contributed by atoms with Crippen LogP contribution in [0.25, 0.3) is 6.08 Å². The van der Waals surface area contributed by atoms with Gasteiger partial charge in [-0.05, 0) is 68.9 Å². The number of amides is 1. The highest BCUT2D eigenvalue weighted by molar-refractivity contribution is 7.17.